The zero-order chi connectivity index (χ0) is 16.0. The molecule has 0 aromatic carbocycles. The maximum atomic E-state index is 10.6. The van der Waals surface area contributed by atoms with Crippen molar-refractivity contribution in [1.29, 1.82) is 0 Å². The number of fused-ring (bicyclic) bond motifs is 1. The largest absolute Gasteiger partial charge is 0.492 e. The minimum atomic E-state index is -0.0905. The Morgan fingerprint density at radius 1 is 1.39 bits per heavy atom. The number of thiazole rings is 1. The van der Waals surface area contributed by atoms with Crippen molar-refractivity contribution in [3.05, 3.63) is 35.4 Å². The first-order valence-electron chi connectivity index (χ1n) is 7.68. The van der Waals surface area contributed by atoms with Crippen LogP contribution < -0.4 is 4.90 Å². The predicted octanol–water partition coefficient (Wildman–Crippen LogP) is 0.871. The van der Waals surface area contributed by atoms with Crippen molar-refractivity contribution in [3.8, 4) is 5.88 Å². The van der Waals surface area contributed by atoms with E-state index in [0.29, 0.717) is 4.96 Å². The second-order valence-electron chi connectivity index (χ2n) is 6.02. The molecule has 0 saturated carbocycles. The molecule has 1 fully saturated rings. The lowest BCUT2D eigenvalue weighted by molar-refractivity contribution is -0.940. The standard InChI is InChI=1S/C15H18N4O3S/c1-9-6-18(7-10(2)22-9)12(11-4-3-5-21-11)13-14(20)19-15(23-13)16-8-17-19/h3-5,8-10,12,20H,6-7H2,1-2H3/p+1/t9-,10-,12+/m1/s1. The van der Waals surface area contributed by atoms with Gasteiger partial charge in [-0.3, -0.25) is 0 Å². The number of hydrogen-bond acceptors (Lipinski definition) is 6. The van der Waals surface area contributed by atoms with Crippen LogP contribution in [0.4, 0.5) is 0 Å². The van der Waals surface area contributed by atoms with E-state index in [1.54, 1.807) is 6.26 Å². The number of hydrogen-bond donors (Lipinski definition) is 2. The van der Waals surface area contributed by atoms with Crippen molar-refractivity contribution in [2.24, 2.45) is 0 Å². The van der Waals surface area contributed by atoms with E-state index in [4.69, 9.17) is 9.15 Å². The van der Waals surface area contributed by atoms with E-state index in [-0.39, 0.29) is 24.1 Å². The van der Waals surface area contributed by atoms with Gasteiger partial charge in [0.05, 0.1) is 6.26 Å². The normalized spacial score (nSPS) is 26.6. The van der Waals surface area contributed by atoms with Crippen LogP contribution in [0.2, 0.25) is 0 Å². The molecule has 0 unspecified atom stereocenters. The van der Waals surface area contributed by atoms with Gasteiger partial charge >= 0.3 is 0 Å². The summed E-state index contributed by atoms with van der Waals surface area (Å²) in [4.78, 5) is 7.00. The summed E-state index contributed by atoms with van der Waals surface area (Å²) in [6.45, 7) is 5.86. The van der Waals surface area contributed by atoms with Crippen LogP contribution >= 0.6 is 11.3 Å². The van der Waals surface area contributed by atoms with Gasteiger partial charge in [0.25, 0.3) is 0 Å². The Hall–Kier alpha value is -1.90. The van der Waals surface area contributed by atoms with E-state index in [0.717, 1.165) is 23.7 Å². The van der Waals surface area contributed by atoms with Crippen LogP contribution in [-0.4, -0.2) is 45.0 Å². The average molecular weight is 335 g/mol. The number of ether oxygens (including phenoxy) is 1. The molecule has 23 heavy (non-hydrogen) atoms. The molecule has 0 spiro atoms. The molecule has 4 rings (SSSR count). The van der Waals surface area contributed by atoms with Crippen molar-refractivity contribution in [3.63, 3.8) is 0 Å². The number of quaternary nitrogens is 1. The van der Waals surface area contributed by atoms with Gasteiger partial charge in [-0.05, 0) is 26.0 Å². The second kappa shape index (κ2) is 5.63. The summed E-state index contributed by atoms with van der Waals surface area (Å²) in [5, 5.41) is 14.7. The predicted molar refractivity (Wildman–Crippen MR) is 83.8 cm³/mol. The zero-order valence-corrected chi connectivity index (χ0v) is 13.8. The fourth-order valence-electron chi connectivity index (χ4n) is 3.40. The monoisotopic (exact) mass is 335 g/mol. The highest BCUT2D eigenvalue weighted by molar-refractivity contribution is 7.17. The molecule has 1 aliphatic rings. The van der Waals surface area contributed by atoms with Gasteiger partial charge in [0.1, 0.15) is 36.5 Å². The molecule has 0 amide bonds. The molecule has 8 heteroatoms. The van der Waals surface area contributed by atoms with Gasteiger partial charge in [0.2, 0.25) is 10.8 Å². The smallest absolute Gasteiger partial charge is 0.235 e. The molecule has 0 bridgehead atoms. The maximum absolute atomic E-state index is 10.6. The van der Waals surface area contributed by atoms with Crippen molar-refractivity contribution >= 4 is 16.3 Å². The molecule has 1 saturated heterocycles. The molecular formula is C15H19N4O3S+. The van der Waals surface area contributed by atoms with Gasteiger partial charge in [-0.25, -0.2) is 4.98 Å². The van der Waals surface area contributed by atoms with Crippen LogP contribution in [0.25, 0.3) is 4.96 Å². The molecule has 0 aliphatic carbocycles. The van der Waals surface area contributed by atoms with Gasteiger partial charge in [0, 0.05) is 0 Å². The summed E-state index contributed by atoms with van der Waals surface area (Å²) in [7, 11) is 0. The average Bonchev–Trinajstić information content (AvgIpc) is 3.20. The fraction of sp³-hybridized carbons (Fsp3) is 0.467. The van der Waals surface area contributed by atoms with Crippen molar-refractivity contribution in [2.45, 2.75) is 32.1 Å². The summed E-state index contributed by atoms with van der Waals surface area (Å²) in [5.41, 5.74) is 0. The van der Waals surface area contributed by atoms with Gasteiger partial charge in [-0.1, -0.05) is 11.3 Å². The number of furan rings is 1. The van der Waals surface area contributed by atoms with Gasteiger partial charge < -0.3 is 19.2 Å². The first-order valence-corrected chi connectivity index (χ1v) is 8.50. The van der Waals surface area contributed by atoms with Crippen LogP contribution in [0, 0.1) is 0 Å². The maximum Gasteiger partial charge on any atom is 0.235 e. The van der Waals surface area contributed by atoms with Crippen LogP contribution in [0.3, 0.4) is 0 Å². The van der Waals surface area contributed by atoms with Gasteiger partial charge in [-0.2, -0.15) is 9.61 Å². The van der Waals surface area contributed by atoms with Gasteiger partial charge in [-0.15, -0.1) is 0 Å². The third-order valence-electron chi connectivity index (χ3n) is 4.20. The lowest BCUT2D eigenvalue weighted by atomic mass is 10.1. The molecule has 1 aliphatic heterocycles. The summed E-state index contributed by atoms with van der Waals surface area (Å²) in [5.74, 6) is 0.976. The minimum absolute atomic E-state index is 0.0905. The first kappa shape index (κ1) is 14.7. The Morgan fingerprint density at radius 2 is 2.17 bits per heavy atom. The molecule has 3 atom stereocenters. The number of morpholine rings is 1. The Morgan fingerprint density at radius 3 is 2.83 bits per heavy atom. The van der Waals surface area contributed by atoms with E-state index in [1.807, 2.05) is 12.1 Å². The Labute approximate surface area is 137 Å². The molecule has 0 radical (unpaired) electrons. The highest BCUT2D eigenvalue weighted by atomic mass is 32.1. The molecular weight excluding hydrogens is 316 g/mol. The topological polar surface area (TPSA) is 77.2 Å². The fourth-order valence-corrected chi connectivity index (χ4v) is 4.50. The molecule has 4 heterocycles. The van der Waals surface area contributed by atoms with E-state index in [2.05, 4.69) is 23.9 Å². The molecule has 3 aromatic rings. The van der Waals surface area contributed by atoms with Gasteiger partial charge in [0.15, 0.2) is 11.8 Å². The van der Waals surface area contributed by atoms with Crippen molar-refractivity contribution in [1.82, 2.24) is 14.6 Å². The highest BCUT2D eigenvalue weighted by Gasteiger charge is 2.38. The summed E-state index contributed by atoms with van der Waals surface area (Å²) in [6, 6.07) is 3.74. The van der Waals surface area contributed by atoms with Crippen molar-refractivity contribution < 1.29 is 19.2 Å². The van der Waals surface area contributed by atoms with Crippen LogP contribution in [0.5, 0.6) is 5.88 Å². The SMILES string of the molecule is C[C@@H]1C[NH+]([C@@H](c2ccco2)c2sc3ncnn3c2O)C[C@@H](C)O1. The number of rotatable bonds is 3. The summed E-state index contributed by atoms with van der Waals surface area (Å²) >= 11 is 1.45. The Kier molecular flexibility index (Phi) is 3.59. The van der Waals surface area contributed by atoms with Crippen molar-refractivity contribution in [2.75, 3.05) is 13.1 Å². The lowest BCUT2D eigenvalue weighted by Crippen LogP contribution is -3.15. The van der Waals surface area contributed by atoms with E-state index >= 15 is 0 Å². The number of nitrogens with zero attached hydrogens (tertiary/aromatic N) is 3. The van der Waals surface area contributed by atoms with Crippen LogP contribution in [0.1, 0.15) is 30.5 Å². The second-order valence-corrected chi connectivity index (χ2v) is 7.03. The third-order valence-corrected chi connectivity index (χ3v) is 5.30. The van der Waals surface area contributed by atoms with Crippen LogP contribution in [0.15, 0.2) is 29.1 Å². The Balaban J connectivity index is 1.79. The van der Waals surface area contributed by atoms with E-state index < -0.39 is 0 Å². The van der Waals surface area contributed by atoms with E-state index in [1.165, 1.54) is 27.1 Å². The number of nitrogens with one attached hydrogen (secondary N) is 1. The Bertz CT molecular complexity index is 787. The zero-order valence-electron chi connectivity index (χ0n) is 13.0. The molecule has 2 N–H and O–H groups in total. The molecule has 3 aromatic heterocycles. The quantitative estimate of drug-likeness (QED) is 0.743. The summed E-state index contributed by atoms with van der Waals surface area (Å²) < 4.78 is 13.0. The molecule has 7 nitrogen and oxygen atoms in total. The van der Waals surface area contributed by atoms with E-state index in [9.17, 15) is 5.11 Å². The third kappa shape index (κ3) is 2.52. The number of aromatic hydroxyl groups is 1. The molecule has 122 valence electrons. The minimum Gasteiger partial charge on any atom is -0.492 e. The highest BCUT2D eigenvalue weighted by Crippen LogP contribution is 2.34. The van der Waals surface area contributed by atoms with Crippen LogP contribution in [-0.2, 0) is 4.74 Å². The number of aromatic nitrogens is 3. The lowest BCUT2D eigenvalue weighted by Gasteiger charge is -2.36. The summed E-state index contributed by atoms with van der Waals surface area (Å²) in [6.07, 6.45) is 3.44. The first-order chi connectivity index (χ1) is 11.1.